The van der Waals surface area contributed by atoms with Crippen LogP contribution in [-0.2, 0) is 24.1 Å². The van der Waals surface area contributed by atoms with E-state index < -0.39 is 18.3 Å². The number of hydrogen-bond donors (Lipinski definition) is 4. The second-order valence-electron chi connectivity index (χ2n) is 13.6. The first-order chi connectivity index (χ1) is 24.7. The standard InChI is InChI=1S/C37H60N8O7/c1-42(2)21-17-38-34(46)27-30-25-28(13-15-31(30)50-35(47)39-18-22-43(3)4)11-9-10-12-29-14-16-32(51-36(48)40-19-23-44(5)6)33(26-29)52-37(49)41-20-24-45(7)8/h13-16,25-26H,9-12,17-24,27H2,1-8H3,(H,38,46)(H,39,47)(H,40,48)(H,41,49). The molecule has 0 aliphatic heterocycles. The Morgan fingerprint density at radius 2 is 0.885 bits per heavy atom. The van der Waals surface area contributed by atoms with Gasteiger partial charge in [0.15, 0.2) is 11.5 Å². The predicted molar refractivity (Wildman–Crippen MR) is 203 cm³/mol. The maximum Gasteiger partial charge on any atom is 0.412 e. The Hall–Kier alpha value is -4.44. The Morgan fingerprint density at radius 1 is 0.500 bits per heavy atom. The highest BCUT2D eigenvalue weighted by Crippen LogP contribution is 2.30. The topological polar surface area (TPSA) is 157 Å². The van der Waals surface area contributed by atoms with Gasteiger partial charge in [-0.3, -0.25) is 4.79 Å². The molecule has 52 heavy (non-hydrogen) atoms. The molecule has 0 spiro atoms. The lowest BCUT2D eigenvalue weighted by molar-refractivity contribution is -0.120. The molecule has 0 saturated heterocycles. The van der Waals surface area contributed by atoms with Crippen LogP contribution < -0.4 is 35.5 Å². The quantitative estimate of drug-likeness (QED) is 0.132. The third-order valence-electron chi connectivity index (χ3n) is 7.64. The van der Waals surface area contributed by atoms with Gasteiger partial charge in [0.1, 0.15) is 5.75 Å². The summed E-state index contributed by atoms with van der Waals surface area (Å²) in [5.74, 6) is 0.485. The van der Waals surface area contributed by atoms with Crippen LogP contribution in [0.2, 0.25) is 0 Å². The van der Waals surface area contributed by atoms with Crippen molar-refractivity contribution in [1.29, 1.82) is 0 Å². The van der Waals surface area contributed by atoms with E-state index in [0.717, 1.165) is 30.4 Å². The lowest BCUT2D eigenvalue weighted by Gasteiger charge is -2.15. The van der Waals surface area contributed by atoms with Gasteiger partial charge in [-0.05, 0) is 111 Å². The molecule has 4 amide bonds. The van der Waals surface area contributed by atoms with Gasteiger partial charge in [0.2, 0.25) is 5.91 Å². The van der Waals surface area contributed by atoms with Gasteiger partial charge in [0.05, 0.1) is 6.42 Å². The fraction of sp³-hybridized carbons (Fsp3) is 0.568. The molecule has 0 saturated carbocycles. The van der Waals surface area contributed by atoms with Gasteiger partial charge >= 0.3 is 18.3 Å². The van der Waals surface area contributed by atoms with E-state index in [1.165, 1.54) is 0 Å². The minimum Gasteiger partial charge on any atom is -0.410 e. The van der Waals surface area contributed by atoms with Crippen molar-refractivity contribution in [3.05, 3.63) is 53.1 Å². The van der Waals surface area contributed by atoms with Gasteiger partial charge in [0.25, 0.3) is 0 Å². The third-order valence-corrected chi connectivity index (χ3v) is 7.64. The number of aryl methyl sites for hydroxylation is 2. The lowest BCUT2D eigenvalue weighted by Crippen LogP contribution is -2.34. The molecule has 0 bridgehead atoms. The number of ether oxygens (including phenoxy) is 3. The van der Waals surface area contributed by atoms with Crippen LogP contribution in [0.1, 0.15) is 29.5 Å². The Morgan fingerprint density at radius 3 is 1.35 bits per heavy atom. The van der Waals surface area contributed by atoms with Crippen LogP contribution in [0.5, 0.6) is 17.2 Å². The summed E-state index contributed by atoms with van der Waals surface area (Å²) in [7, 11) is 15.3. The van der Waals surface area contributed by atoms with Crippen molar-refractivity contribution in [2.24, 2.45) is 0 Å². The summed E-state index contributed by atoms with van der Waals surface area (Å²) in [6.07, 6.45) is 1.28. The van der Waals surface area contributed by atoms with Gasteiger partial charge < -0.3 is 55.1 Å². The molecule has 0 aliphatic carbocycles. The number of likely N-dealkylation sites (N-methyl/N-ethyl adjacent to an activating group) is 4. The minimum absolute atomic E-state index is 0.0785. The SMILES string of the molecule is CN(C)CCNC(=O)Cc1cc(CCCCc2ccc(OC(=O)NCCN(C)C)c(OC(=O)NCCN(C)C)c2)ccc1OC(=O)NCCN(C)C. The molecule has 0 unspecified atom stereocenters. The molecule has 290 valence electrons. The van der Waals surface area contributed by atoms with Crippen LogP contribution in [0.25, 0.3) is 0 Å². The minimum atomic E-state index is -0.641. The van der Waals surface area contributed by atoms with Crippen LogP contribution in [0.3, 0.4) is 0 Å². The lowest BCUT2D eigenvalue weighted by atomic mass is 10.0. The summed E-state index contributed by atoms with van der Waals surface area (Å²) in [5, 5.41) is 11.1. The first-order valence-corrected chi connectivity index (χ1v) is 17.7. The molecule has 2 aromatic carbocycles. The van der Waals surface area contributed by atoms with Crippen molar-refractivity contribution < 1.29 is 33.4 Å². The molecule has 15 nitrogen and oxygen atoms in total. The molecule has 0 fully saturated rings. The van der Waals surface area contributed by atoms with Crippen molar-refractivity contribution in [2.45, 2.75) is 32.1 Å². The van der Waals surface area contributed by atoms with E-state index in [2.05, 4.69) is 21.3 Å². The zero-order valence-corrected chi connectivity index (χ0v) is 32.3. The van der Waals surface area contributed by atoms with Gasteiger partial charge in [-0.25, -0.2) is 14.4 Å². The average Bonchev–Trinajstić information content (AvgIpc) is 3.04. The molecule has 2 aromatic rings. The van der Waals surface area contributed by atoms with Gasteiger partial charge in [-0.15, -0.1) is 0 Å². The van der Waals surface area contributed by atoms with Crippen LogP contribution in [-0.4, -0.2) is 153 Å². The highest BCUT2D eigenvalue weighted by Gasteiger charge is 2.16. The number of hydrogen-bond acceptors (Lipinski definition) is 11. The summed E-state index contributed by atoms with van der Waals surface area (Å²) in [5.41, 5.74) is 2.56. The Balaban J connectivity index is 2.09. The second-order valence-corrected chi connectivity index (χ2v) is 13.6. The fourth-order valence-electron chi connectivity index (χ4n) is 4.76. The highest BCUT2D eigenvalue weighted by atomic mass is 16.6. The van der Waals surface area contributed by atoms with Crippen LogP contribution in [0, 0.1) is 0 Å². The molecule has 4 N–H and O–H groups in total. The van der Waals surface area contributed by atoms with Crippen molar-refractivity contribution in [2.75, 3.05) is 109 Å². The molecule has 0 atom stereocenters. The number of benzene rings is 2. The maximum absolute atomic E-state index is 12.8. The summed E-state index contributed by atoms with van der Waals surface area (Å²) in [6.45, 7) is 4.41. The van der Waals surface area contributed by atoms with Gasteiger partial charge in [-0.2, -0.15) is 0 Å². The molecule has 0 aromatic heterocycles. The van der Waals surface area contributed by atoms with E-state index in [9.17, 15) is 19.2 Å². The van der Waals surface area contributed by atoms with E-state index in [1.54, 1.807) is 18.2 Å². The third kappa shape index (κ3) is 19.2. The summed E-state index contributed by atoms with van der Waals surface area (Å²) >= 11 is 0. The number of carbonyl (C=O) groups is 4. The highest BCUT2D eigenvalue weighted by molar-refractivity contribution is 5.80. The van der Waals surface area contributed by atoms with Crippen molar-refractivity contribution >= 4 is 24.2 Å². The van der Waals surface area contributed by atoms with E-state index in [-0.39, 0.29) is 23.8 Å². The molecule has 2 rings (SSSR count). The molecule has 0 heterocycles. The van der Waals surface area contributed by atoms with Gasteiger partial charge in [-0.1, -0.05) is 18.2 Å². The number of rotatable bonds is 22. The number of amides is 4. The van der Waals surface area contributed by atoms with Gasteiger partial charge in [0, 0.05) is 57.9 Å². The summed E-state index contributed by atoms with van der Waals surface area (Å²) in [4.78, 5) is 58.1. The molecule has 0 radical (unpaired) electrons. The van der Waals surface area contributed by atoms with Crippen LogP contribution in [0.15, 0.2) is 36.4 Å². The Bertz CT molecular complexity index is 1310. The van der Waals surface area contributed by atoms with E-state index in [0.29, 0.717) is 70.1 Å². The van der Waals surface area contributed by atoms with Crippen LogP contribution >= 0.6 is 0 Å². The molecular formula is C37H60N8O7. The molecule has 0 aliphatic rings. The normalized spacial score (nSPS) is 11.2. The molecular weight excluding hydrogens is 668 g/mol. The first-order valence-electron chi connectivity index (χ1n) is 17.7. The van der Waals surface area contributed by atoms with Crippen molar-refractivity contribution in [1.82, 2.24) is 40.9 Å². The van der Waals surface area contributed by atoms with E-state index in [4.69, 9.17) is 14.2 Å². The zero-order chi connectivity index (χ0) is 38.5. The first kappa shape index (κ1) is 43.7. The number of nitrogens with zero attached hydrogens (tertiary/aromatic N) is 4. The Kier molecular flexibility index (Phi) is 20.1. The maximum atomic E-state index is 12.8. The van der Waals surface area contributed by atoms with E-state index >= 15 is 0 Å². The zero-order valence-electron chi connectivity index (χ0n) is 32.3. The average molecular weight is 729 g/mol. The largest absolute Gasteiger partial charge is 0.412 e. The fourth-order valence-corrected chi connectivity index (χ4v) is 4.76. The predicted octanol–water partition coefficient (Wildman–Crippen LogP) is 2.42. The summed E-state index contributed by atoms with van der Waals surface area (Å²) in [6, 6.07) is 10.8. The van der Waals surface area contributed by atoms with E-state index in [1.807, 2.05) is 94.2 Å². The summed E-state index contributed by atoms with van der Waals surface area (Å²) < 4.78 is 16.7. The molecule has 15 heteroatoms. The smallest absolute Gasteiger partial charge is 0.410 e. The number of unbranched alkanes of at least 4 members (excludes halogenated alkanes) is 1. The Labute approximate surface area is 309 Å². The number of nitrogens with one attached hydrogen (secondary N) is 4. The monoisotopic (exact) mass is 728 g/mol. The second kappa shape index (κ2) is 23.9. The van der Waals surface area contributed by atoms with Crippen molar-refractivity contribution in [3.8, 4) is 17.2 Å². The number of carbonyl (C=O) groups excluding carboxylic acids is 4. The van der Waals surface area contributed by atoms with Crippen LogP contribution in [0.4, 0.5) is 14.4 Å². The van der Waals surface area contributed by atoms with Crippen molar-refractivity contribution in [3.63, 3.8) is 0 Å².